The Balaban J connectivity index is 1.87. The summed E-state index contributed by atoms with van der Waals surface area (Å²) in [4.78, 5) is 14.5. The van der Waals surface area contributed by atoms with Gasteiger partial charge in [-0.3, -0.25) is 9.48 Å². The quantitative estimate of drug-likeness (QED) is 0.821. The third-order valence-electron chi connectivity index (χ3n) is 4.60. The van der Waals surface area contributed by atoms with Gasteiger partial charge in [-0.1, -0.05) is 13.0 Å². The van der Waals surface area contributed by atoms with Gasteiger partial charge in [0.15, 0.2) is 0 Å². The van der Waals surface area contributed by atoms with Gasteiger partial charge in [0.25, 0.3) is 5.91 Å². The first kappa shape index (κ1) is 18.6. The first-order valence-corrected chi connectivity index (χ1v) is 9.92. The van der Waals surface area contributed by atoms with E-state index in [0.717, 1.165) is 5.69 Å². The van der Waals surface area contributed by atoms with Gasteiger partial charge in [-0.2, -0.15) is 5.10 Å². The highest BCUT2D eigenvalue weighted by atomic mass is 32.2. The molecule has 1 atom stereocenters. The van der Waals surface area contributed by atoms with Crippen molar-refractivity contribution in [3.63, 3.8) is 0 Å². The van der Waals surface area contributed by atoms with E-state index in [9.17, 15) is 18.3 Å². The molecule has 1 aliphatic rings. The number of nitrogens with two attached hydrogens (primary N) is 1. The number of carbonyl (C=O) groups is 1. The van der Waals surface area contributed by atoms with E-state index in [4.69, 9.17) is 5.14 Å². The molecule has 3 N–H and O–H groups in total. The first-order chi connectivity index (χ1) is 12.2. The largest absolute Gasteiger partial charge is 0.387 e. The van der Waals surface area contributed by atoms with E-state index in [1.54, 1.807) is 28.6 Å². The smallest absolute Gasteiger partial charge is 0.254 e. The maximum Gasteiger partial charge on any atom is 0.254 e. The van der Waals surface area contributed by atoms with Crippen LogP contribution in [0.2, 0.25) is 0 Å². The van der Waals surface area contributed by atoms with E-state index in [1.807, 2.05) is 6.92 Å². The van der Waals surface area contributed by atoms with Crippen LogP contribution in [0.1, 0.15) is 46.8 Å². The second kappa shape index (κ2) is 6.82. The lowest BCUT2D eigenvalue weighted by Crippen LogP contribution is -2.38. The summed E-state index contributed by atoms with van der Waals surface area (Å²) in [5.41, 5.74) is 2.44. The lowest BCUT2D eigenvalue weighted by atomic mass is 10.1. The molecule has 0 spiro atoms. The fourth-order valence-corrected chi connectivity index (χ4v) is 3.55. The van der Waals surface area contributed by atoms with Crippen molar-refractivity contribution in [1.82, 2.24) is 14.7 Å². The van der Waals surface area contributed by atoms with Crippen molar-refractivity contribution in [2.75, 3.05) is 6.54 Å². The van der Waals surface area contributed by atoms with Crippen molar-refractivity contribution in [1.29, 1.82) is 0 Å². The molecule has 0 saturated heterocycles. The normalized spacial score (nSPS) is 15.6. The van der Waals surface area contributed by atoms with Gasteiger partial charge in [0, 0.05) is 12.1 Å². The van der Waals surface area contributed by atoms with Gasteiger partial charge in [0.2, 0.25) is 10.0 Å². The number of aliphatic hydroxyl groups excluding tert-OH is 1. The zero-order chi connectivity index (χ0) is 19.1. The molecule has 0 fully saturated rings. The lowest BCUT2D eigenvalue weighted by molar-refractivity contribution is 0.0704. The predicted octanol–water partition coefficient (Wildman–Crippen LogP) is 0.938. The molecular formula is C17H22N4O4S. The van der Waals surface area contributed by atoms with E-state index >= 15 is 0 Å². The summed E-state index contributed by atoms with van der Waals surface area (Å²) >= 11 is 0. The van der Waals surface area contributed by atoms with Crippen LogP contribution in [0.5, 0.6) is 0 Å². The molecule has 0 aliphatic carbocycles. The summed E-state index contributed by atoms with van der Waals surface area (Å²) in [5, 5.41) is 19.5. The van der Waals surface area contributed by atoms with Gasteiger partial charge in [-0.25, -0.2) is 13.6 Å². The maximum atomic E-state index is 12.9. The summed E-state index contributed by atoms with van der Waals surface area (Å²) in [7, 11) is -3.88. The number of sulfonamides is 1. The van der Waals surface area contributed by atoms with E-state index in [-0.39, 0.29) is 10.8 Å². The number of fused-ring (bicyclic) bond motifs is 1. The van der Waals surface area contributed by atoms with E-state index in [2.05, 4.69) is 5.10 Å². The van der Waals surface area contributed by atoms with Crippen molar-refractivity contribution < 1.29 is 18.3 Å². The van der Waals surface area contributed by atoms with Crippen molar-refractivity contribution in [3.05, 3.63) is 46.8 Å². The Morgan fingerprint density at radius 3 is 2.73 bits per heavy atom. The first-order valence-electron chi connectivity index (χ1n) is 8.38. The van der Waals surface area contributed by atoms with Gasteiger partial charge >= 0.3 is 0 Å². The van der Waals surface area contributed by atoms with Crippen LogP contribution in [0.15, 0.2) is 29.2 Å². The zero-order valence-corrected chi connectivity index (χ0v) is 15.5. The molecule has 2 aromatic rings. The van der Waals surface area contributed by atoms with Gasteiger partial charge in [0.05, 0.1) is 35.5 Å². The predicted molar refractivity (Wildman–Crippen MR) is 94.8 cm³/mol. The highest BCUT2D eigenvalue weighted by Gasteiger charge is 2.26. The molecule has 9 heteroatoms. The second-order valence-corrected chi connectivity index (χ2v) is 8.02. The lowest BCUT2D eigenvalue weighted by Gasteiger charge is -2.28. The number of benzene rings is 1. The molecular weight excluding hydrogens is 356 g/mol. The average Bonchev–Trinajstić information content (AvgIpc) is 3.03. The number of hydrogen-bond donors (Lipinski definition) is 2. The number of hydrogen-bond acceptors (Lipinski definition) is 5. The van der Waals surface area contributed by atoms with Gasteiger partial charge in [-0.15, -0.1) is 0 Å². The van der Waals surface area contributed by atoms with Crippen molar-refractivity contribution in [2.24, 2.45) is 5.14 Å². The Kier molecular flexibility index (Phi) is 4.87. The monoisotopic (exact) mass is 378 g/mol. The number of amides is 1. The summed E-state index contributed by atoms with van der Waals surface area (Å²) < 4.78 is 24.9. The number of primary sulfonamides is 1. The van der Waals surface area contributed by atoms with Crippen LogP contribution >= 0.6 is 0 Å². The highest BCUT2D eigenvalue weighted by molar-refractivity contribution is 7.89. The molecule has 1 amide bonds. The molecule has 0 unspecified atom stereocenters. The minimum atomic E-state index is -3.88. The van der Waals surface area contributed by atoms with Gasteiger partial charge < -0.3 is 10.0 Å². The number of rotatable bonds is 4. The summed E-state index contributed by atoms with van der Waals surface area (Å²) in [6.07, 6.45) is -0.0514. The molecule has 1 aromatic heterocycles. The number of aliphatic hydroxyl groups is 1. The Bertz CT molecular complexity index is 952. The third-order valence-corrected chi connectivity index (χ3v) is 5.51. The van der Waals surface area contributed by atoms with Crippen LogP contribution in [-0.4, -0.2) is 40.7 Å². The number of nitrogens with zero attached hydrogens (tertiary/aromatic N) is 3. The fourth-order valence-electron chi connectivity index (χ4n) is 3.01. The fraction of sp³-hybridized carbons (Fsp3) is 0.412. The molecule has 26 heavy (non-hydrogen) atoms. The Labute approximate surface area is 152 Å². The molecule has 0 radical (unpaired) electrons. The average molecular weight is 378 g/mol. The molecule has 140 valence electrons. The summed E-state index contributed by atoms with van der Waals surface area (Å²) in [5.74, 6) is -0.252. The van der Waals surface area contributed by atoms with Gasteiger partial charge in [0.1, 0.15) is 0 Å². The minimum Gasteiger partial charge on any atom is -0.387 e. The van der Waals surface area contributed by atoms with Crippen LogP contribution in [0.25, 0.3) is 0 Å². The minimum absolute atomic E-state index is 0.0816. The Morgan fingerprint density at radius 1 is 1.35 bits per heavy atom. The summed E-state index contributed by atoms with van der Waals surface area (Å²) in [6.45, 7) is 4.95. The Morgan fingerprint density at radius 2 is 2.08 bits per heavy atom. The van der Waals surface area contributed by atoms with Crippen LogP contribution in [-0.2, 0) is 23.1 Å². The van der Waals surface area contributed by atoms with Crippen molar-refractivity contribution in [3.8, 4) is 0 Å². The summed E-state index contributed by atoms with van der Waals surface area (Å²) in [6, 6.07) is 6.11. The van der Waals surface area contributed by atoms with Crippen molar-refractivity contribution >= 4 is 15.9 Å². The number of aryl methyl sites for hydroxylation is 1. The molecule has 0 saturated carbocycles. The topological polar surface area (TPSA) is 119 Å². The van der Waals surface area contributed by atoms with E-state index in [0.29, 0.717) is 42.9 Å². The van der Waals surface area contributed by atoms with E-state index in [1.165, 1.54) is 12.1 Å². The van der Waals surface area contributed by atoms with Crippen LogP contribution in [0, 0.1) is 6.92 Å². The highest BCUT2D eigenvalue weighted by Crippen LogP contribution is 2.23. The molecule has 3 rings (SSSR count). The third kappa shape index (κ3) is 3.50. The van der Waals surface area contributed by atoms with Gasteiger partial charge in [-0.05, 0) is 37.1 Å². The molecule has 0 bridgehead atoms. The molecule has 1 aromatic carbocycles. The second-order valence-electron chi connectivity index (χ2n) is 6.46. The number of carbonyl (C=O) groups excluding carboxylic acids is 1. The standard InChI is InChI=1S/C17H22N4O4S/c1-3-16(22)15-8-12-10-20(6-7-21(12)19-15)17(23)14-9-13(26(18,24)25)5-4-11(14)2/h4-5,8-9,16,22H,3,6-7,10H2,1-2H3,(H2,18,24,25)/t16-/m0/s1. The van der Waals surface area contributed by atoms with Crippen LogP contribution < -0.4 is 5.14 Å². The molecule has 1 aliphatic heterocycles. The van der Waals surface area contributed by atoms with Crippen molar-refractivity contribution in [2.45, 2.75) is 44.4 Å². The SMILES string of the molecule is CC[C@H](O)c1cc2n(n1)CCN(C(=O)c1cc(S(N)(=O)=O)ccc1C)C2. The zero-order valence-electron chi connectivity index (χ0n) is 14.7. The maximum absolute atomic E-state index is 12.9. The molecule has 8 nitrogen and oxygen atoms in total. The van der Waals surface area contributed by atoms with Crippen LogP contribution in [0.3, 0.4) is 0 Å². The molecule has 2 heterocycles. The van der Waals surface area contributed by atoms with E-state index < -0.39 is 16.1 Å². The van der Waals surface area contributed by atoms with Crippen LogP contribution in [0.4, 0.5) is 0 Å². The number of aromatic nitrogens is 2. The Hall–Kier alpha value is -2.23.